The standard InChI is InChI=1S/C10H15N3O6/c1-5-8(16)11-2-3-13(5)10(19)12-6(9(17)18)4-7(14)15/h5-6H,2-4H2,1H3,(H,11,16)(H,12,19)(H,14,15)(H,17,18)/t5?,6-/m0/s1. The summed E-state index contributed by atoms with van der Waals surface area (Å²) in [6.07, 6.45) is -0.727. The number of carboxylic acid groups (broad SMARTS) is 2. The molecule has 1 rings (SSSR count). The van der Waals surface area contributed by atoms with Crippen LogP contribution in [0.3, 0.4) is 0 Å². The molecule has 0 spiro atoms. The normalized spacial score (nSPS) is 20.4. The Morgan fingerprint density at radius 3 is 2.63 bits per heavy atom. The van der Waals surface area contributed by atoms with E-state index in [1.54, 1.807) is 0 Å². The molecule has 1 aliphatic rings. The van der Waals surface area contributed by atoms with Gasteiger partial charge in [-0.3, -0.25) is 9.59 Å². The van der Waals surface area contributed by atoms with Crippen molar-refractivity contribution in [3.8, 4) is 0 Å². The number of nitrogens with zero attached hydrogens (tertiary/aromatic N) is 1. The molecule has 0 saturated carbocycles. The molecule has 0 bridgehead atoms. The van der Waals surface area contributed by atoms with E-state index >= 15 is 0 Å². The van der Waals surface area contributed by atoms with Crippen molar-refractivity contribution in [2.24, 2.45) is 0 Å². The SMILES string of the molecule is CC1C(=O)NCCN1C(=O)N[C@@H](CC(=O)O)C(=O)O. The third kappa shape index (κ3) is 3.83. The lowest BCUT2D eigenvalue weighted by atomic mass is 10.2. The van der Waals surface area contributed by atoms with Crippen LogP contribution in [0.1, 0.15) is 13.3 Å². The second kappa shape index (κ2) is 6.03. The molecular formula is C10H15N3O6. The Kier molecular flexibility index (Phi) is 4.67. The van der Waals surface area contributed by atoms with E-state index in [9.17, 15) is 19.2 Å². The number of amides is 3. The predicted octanol–water partition coefficient (Wildman–Crippen LogP) is -1.56. The van der Waals surface area contributed by atoms with E-state index in [4.69, 9.17) is 10.2 Å². The quantitative estimate of drug-likeness (QED) is 0.489. The first-order chi connectivity index (χ1) is 8.82. The lowest BCUT2D eigenvalue weighted by Gasteiger charge is -2.33. The van der Waals surface area contributed by atoms with Crippen LogP contribution in [-0.2, 0) is 14.4 Å². The third-order valence-electron chi connectivity index (χ3n) is 2.73. The number of aliphatic carboxylic acids is 2. The number of rotatable bonds is 4. The predicted molar refractivity (Wildman–Crippen MR) is 61.4 cm³/mol. The first-order valence-corrected chi connectivity index (χ1v) is 5.62. The largest absolute Gasteiger partial charge is 0.481 e. The summed E-state index contributed by atoms with van der Waals surface area (Å²) in [5.41, 5.74) is 0. The minimum atomic E-state index is -1.53. The highest BCUT2D eigenvalue weighted by molar-refractivity contribution is 5.90. The highest BCUT2D eigenvalue weighted by Crippen LogP contribution is 2.05. The minimum absolute atomic E-state index is 0.234. The van der Waals surface area contributed by atoms with E-state index in [0.29, 0.717) is 0 Å². The van der Waals surface area contributed by atoms with Crippen molar-refractivity contribution in [3.05, 3.63) is 0 Å². The second-order valence-corrected chi connectivity index (χ2v) is 4.10. The van der Waals surface area contributed by atoms with Gasteiger partial charge in [0.1, 0.15) is 12.1 Å². The van der Waals surface area contributed by atoms with Crippen LogP contribution >= 0.6 is 0 Å². The molecule has 1 saturated heterocycles. The lowest BCUT2D eigenvalue weighted by molar-refractivity contribution is -0.145. The Morgan fingerprint density at radius 2 is 2.11 bits per heavy atom. The molecule has 0 aromatic carbocycles. The molecule has 1 aliphatic heterocycles. The molecule has 19 heavy (non-hydrogen) atoms. The molecule has 2 atom stereocenters. The zero-order valence-corrected chi connectivity index (χ0v) is 10.3. The van der Waals surface area contributed by atoms with Crippen molar-refractivity contribution in [2.45, 2.75) is 25.4 Å². The van der Waals surface area contributed by atoms with Gasteiger partial charge in [-0.05, 0) is 6.92 Å². The van der Waals surface area contributed by atoms with Crippen molar-refractivity contribution >= 4 is 23.9 Å². The van der Waals surface area contributed by atoms with E-state index in [1.165, 1.54) is 6.92 Å². The molecule has 106 valence electrons. The van der Waals surface area contributed by atoms with Gasteiger partial charge in [-0.25, -0.2) is 9.59 Å². The summed E-state index contributed by atoms with van der Waals surface area (Å²) >= 11 is 0. The average molecular weight is 273 g/mol. The number of nitrogens with one attached hydrogen (secondary N) is 2. The number of carbonyl (C=O) groups is 4. The van der Waals surface area contributed by atoms with Crippen molar-refractivity contribution in [3.63, 3.8) is 0 Å². The topological polar surface area (TPSA) is 136 Å². The average Bonchev–Trinajstić information content (AvgIpc) is 2.31. The summed E-state index contributed by atoms with van der Waals surface area (Å²) in [5.74, 6) is -3.12. The maximum atomic E-state index is 11.8. The fourth-order valence-electron chi connectivity index (χ4n) is 1.67. The lowest BCUT2D eigenvalue weighted by Crippen LogP contribution is -2.60. The first kappa shape index (κ1) is 14.7. The van der Waals surface area contributed by atoms with E-state index in [2.05, 4.69) is 10.6 Å². The first-order valence-electron chi connectivity index (χ1n) is 5.62. The zero-order valence-electron chi connectivity index (χ0n) is 10.3. The van der Waals surface area contributed by atoms with Gasteiger partial charge in [0.15, 0.2) is 0 Å². The summed E-state index contributed by atoms with van der Waals surface area (Å²) in [6.45, 7) is 2.01. The van der Waals surface area contributed by atoms with Crippen molar-refractivity contribution in [1.29, 1.82) is 0 Å². The van der Waals surface area contributed by atoms with E-state index in [-0.39, 0.29) is 19.0 Å². The van der Waals surface area contributed by atoms with Crippen molar-refractivity contribution < 1.29 is 29.4 Å². The maximum absolute atomic E-state index is 11.8. The fraction of sp³-hybridized carbons (Fsp3) is 0.600. The molecule has 3 amide bonds. The number of urea groups is 1. The Hall–Kier alpha value is -2.32. The minimum Gasteiger partial charge on any atom is -0.481 e. The Bertz CT molecular complexity index is 410. The molecular weight excluding hydrogens is 258 g/mol. The van der Waals surface area contributed by atoms with Gasteiger partial charge in [-0.2, -0.15) is 0 Å². The molecule has 0 aromatic heterocycles. The zero-order chi connectivity index (χ0) is 14.6. The van der Waals surface area contributed by atoms with Gasteiger partial charge < -0.3 is 25.7 Å². The van der Waals surface area contributed by atoms with Gasteiger partial charge in [0.2, 0.25) is 5.91 Å². The van der Waals surface area contributed by atoms with Gasteiger partial charge in [-0.1, -0.05) is 0 Å². The van der Waals surface area contributed by atoms with Crippen LogP contribution in [0.25, 0.3) is 0 Å². The monoisotopic (exact) mass is 273 g/mol. The highest BCUT2D eigenvalue weighted by atomic mass is 16.4. The van der Waals surface area contributed by atoms with Crippen LogP contribution in [0.15, 0.2) is 0 Å². The van der Waals surface area contributed by atoms with Crippen LogP contribution in [0, 0.1) is 0 Å². The van der Waals surface area contributed by atoms with Crippen LogP contribution in [0.2, 0.25) is 0 Å². The molecule has 4 N–H and O–H groups in total. The molecule has 1 unspecified atom stereocenters. The Balaban J connectivity index is 2.68. The summed E-state index contributed by atoms with van der Waals surface area (Å²) < 4.78 is 0. The van der Waals surface area contributed by atoms with Crippen LogP contribution in [0.4, 0.5) is 4.79 Å². The summed E-state index contributed by atoms with van der Waals surface area (Å²) in [5, 5.41) is 22.0. The van der Waals surface area contributed by atoms with Crippen molar-refractivity contribution in [2.75, 3.05) is 13.1 Å². The van der Waals surface area contributed by atoms with E-state index in [1.807, 2.05) is 0 Å². The molecule has 0 radical (unpaired) electrons. The number of hydrogen-bond donors (Lipinski definition) is 4. The molecule has 0 aliphatic carbocycles. The highest BCUT2D eigenvalue weighted by Gasteiger charge is 2.32. The van der Waals surface area contributed by atoms with Gasteiger partial charge in [0, 0.05) is 13.1 Å². The second-order valence-electron chi connectivity index (χ2n) is 4.10. The summed E-state index contributed by atoms with van der Waals surface area (Å²) in [6, 6.07) is -3.02. The molecule has 9 heteroatoms. The smallest absolute Gasteiger partial charge is 0.326 e. The van der Waals surface area contributed by atoms with Gasteiger partial charge in [-0.15, -0.1) is 0 Å². The summed E-state index contributed by atoms with van der Waals surface area (Å²) in [4.78, 5) is 45.7. The van der Waals surface area contributed by atoms with Crippen LogP contribution < -0.4 is 10.6 Å². The molecule has 1 fully saturated rings. The molecule has 1 heterocycles. The number of hydrogen-bond acceptors (Lipinski definition) is 4. The number of carbonyl (C=O) groups excluding carboxylic acids is 2. The number of piperazine rings is 1. The molecule has 0 aromatic rings. The number of carboxylic acids is 2. The van der Waals surface area contributed by atoms with Gasteiger partial charge in [0.05, 0.1) is 6.42 Å². The molecule has 9 nitrogen and oxygen atoms in total. The van der Waals surface area contributed by atoms with Gasteiger partial charge in [0.25, 0.3) is 0 Å². The van der Waals surface area contributed by atoms with Gasteiger partial charge >= 0.3 is 18.0 Å². The van der Waals surface area contributed by atoms with Crippen LogP contribution in [0.5, 0.6) is 0 Å². The fourth-order valence-corrected chi connectivity index (χ4v) is 1.67. The Morgan fingerprint density at radius 1 is 1.47 bits per heavy atom. The van der Waals surface area contributed by atoms with E-state index in [0.717, 1.165) is 4.90 Å². The van der Waals surface area contributed by atoms with Crippen molar-refractivity contribution in [1.82, 2.24) is 15.5 Å². The third-order valence-corrected chi connectivity index (χ3v) is 2.73. The maximum Gasteiger partial charge on any atom is 0.326 e. The summed E-state index contributed by atoms with van der Waals surface area (Å²) in [7, 11) is 0. The van der Waals surface area contributed by atoms with E-state index < -0.39 is 36.5 Å². The van der Waals surface area contributed by atoms with Crippen LogP contribution in [-0.4, -0.2) is 64.2 Å². The Labute approximate surface area is 108 Å².